The molecule has 1 unspecified atom stereocenters. The first-order valence-electron chi connectivity index (χ1n) is 6.78. The normalized spacial score (nSPS) is 12.2. The molecule has 2 aromatic rings. The summed E-state index contributed by atoms with van der Waals surface area (Å²) in [6, 6.07) is 5.35. The fraction of sp³-hybridized carbons (Fsp3) is 0.429. The standard InChI is InChI=1S/C14H19BrN4O2/c1-4-20-10-7-6-9(8-11(10)21-5-2)12(16)13-14(15)17-18-19(13)3/h6-8,12H,4-5,16H2,1-3H3. The molecule has 1 heterocycles. The fourth-order valence-corrected chi connectivity index (χ4v) is 2.66. The first-order valence-corrected chi connectivity index (χ1v) is 7.57. The Bertz CT molecular complexity index is 596. The van der Waals surface area contributed by atoms with Crippen LogP contribution in [0, 0.1) is 0 Å². The van der Waals surface area contributed by atoms with Crippen LogP contribution in [0.4, 0.5) is 0 Å². The molecule has 21 heavy (non-hydrogen) atoms. The van der Waals surface area contributed by atoms with Crippen LogP contribution in [0.3, 0.4) is 0 Å². The highest BCUT2D eigenvalue weighted by Crippen LogP contribution is 2.33. The Kier molecular flexibility index (Phi) is 5.19. The molecule has 0 spiro atoms. The molecule has 1 atom stereocenters. The number of rotatable bonds is 6. The summed E-state index contributed by atoms with van der Waals surface area (Å²) in [5.74, 6) is 1.41. The maximum atomic E-state index is 6.32. The minimum atomic E-state index is -0.353. The van der Waals surface area contributed by atoms with Crippen LogP contribution in [0.15, 0.2) is 22.8 Å². The third-order valence-electron chi connectivity index (χ3n) is 3.05. The van der Waals surface area contributed by atoms with E-state index in [0.717, 1.165) is 17.0 Å². The predicted molar refractivity (Wildman–Crippen MR) is 83.5 cm³/mol. The zero-order valence-corrected chi connectivity index (χ0v) is 13.9. The lowest BCUT2D eigenvalue weighted by Gasteiger charge is -2.16. The number of aryl methyl sites for hydroxylation is 1. The Labute approximate surface area is 132 Å². The summed E-state index contributed by atoms with van der Waals surface area (Å²) in [5.41, 5.74) is 8.04. The average molecular weight is 355 g/mol. The molecular weight excluding hydrogens is 336 g/mol. The number of aromatic nitrogens is 3. The minimum Gasteiger partial charge on any atom is -0.490 e. The molecule has 0 aliphatic rings. The van der Waals surface area contributed by atoms with Gasteiger partial charge in [-0.2, -0.15) is 0 Å². The van der Waals surface area contributed by atoms with Gasteiger partial charge < -0.3 is 15.2 Å². The highest BCUT2D eigenvalue weighted by Gasteiger charge is 2.19. The van der Waals surface area contributed by atoms with Gasteiger partial charge in [0.1, 0.15) is 0 Å². The predicted octanol–water partition coefficient (Wildman–Crippen LogP) is 2.42. The second-order valence-corrected chi connectivity index (χ2v) is 5.19. The SMILES string of the molecule is CCOc1ccc(C(N)c2c(Br)nnn2C)cc1OCC. The first kappa shape index (κ1) is 15.8. The molecule has 2 rings (SSSR count). The smallest absolute Gasteiger partial charge is 0.161 e. The van der Waals surface area contributed by atoms with Crippen LogP contribution in [0.2, 0.25) is 0 Å². The van der Waals surface area contributed by atoms with Gasteiger partial charge in [-0.25, -0.2) is 4.68 Å². The van der Waals surface area contributed by atoms with E-state index in [2.05, 4.69) is 26.2 Å². The monoisotopic (exact) mass is 354 g/mol. The third-order valence-corrected chi connectivity index (χ3v) is 3.61. The number of ether oxygens (including phenoxy) is 2. The quantitative estimate of drug-likeness (QED) is 0.861. The maximum Gasteiger partial charge on any atom is 0.161 e. The van der Waals surface area contributed by atoms with Crippen LogP contribution in [-0.2, 0) is 7.05 Å². The number of nitrogens with zero attached hydrogens (tertiary/aromatic N) is 3. The van der Waals surface area contributed by atoms with E-state index in [1.807, 2.05) is 39.1 Å². The summed E-state index contributed by atoms with van der Waals surface area (Å²) in [4.78, 5) is 0. The summed E-state index contributed by atoms with van der Waals surface area (Å²) in [6.45, 7) is 5.02. The Morgan fingerprint density at radius 1 is 1.24 bits per heavy atom. The number of hydrogen-bond donors (Lipinski definition) is 1. The van der Waals surface area contributed by atoms with Crippen molar-refractivity contribution in [3.8, 4) is 11.5 Å². The number of hydrogen-bond acceptors (Lipinski definition) is 5. The van der Waals surface area contributed by atoms with Gasteiger partial charge in [-0.15, -0.1) is 5.10 Å². The van der Waals surface area contributed by atoms with Crippen LogP contribution < -0.4 is 15.2 Å². The molecule has 0 fully saturated rings. The first-order chi connectivity index (χ1) is 10.1. The van der Waals surface area contributed by atoms with Crippen molar-refractivity contribution in [2.24, 2.45) is 12.8 Å². The van der Waals surface area contributed by atoms with Gasteiger partial charge in [-0.1, -0.05) is 11.3 Å². The highest BCUT2D eigenvalue weighted by molar-refractivity contribution is 9.10. The van der Waals surface area contributed by atoms with E-state index in [0.29, 0.717) is 23.6 Å². The Morgan fingerprint density at radius 2 is 1.90 bits per heavy atom. The molecule has 1 aromatic heterocycles. The molecule has 0 aliphatic heterocycles. The van der Waals surface area contributed by atoms with Crippen molar-refractivity contribution in [2.45, 2.75) is 19.9 Å². The Hall–Kier alpha value is -1.60. The summed E-state index contributed by atoms with van der Waals surface area (Å²) < 4.78 is 13.5. The molecular formula is C14H19BrN4O2. The topological polar surface area (TPSA) is 75.2 Å². The van der Waals surface area contributed by atoms with E-state index in [1.165, 1.54) is 0 Å². The second kappa shape index (κ2) is 6.91. The molecule has 0 aliphatic carbocycles. The summed E-state index contributed by atoms with van der Waals surface area (Å²) in [7, 11) is 1.81. The Morgan fingerprint density at radius 3 is 2.48 bits per heavy atom. The van der Waals surface area contributed by atoms with Gasteiger partial charge in [0.05, 0.1) is 24.9 Å². The lowest BCUT2D eigenvalue weighted by atomic mass is 10.0. The molecule has 114 valence electrons. The van der Waals surface area contributed by atoms with Gasteiger partial charge in [0.2, 0.25) is 0 Å². The summed E-state index contributed by atoms with van der Waals surface area (Å²) in [5, 5.41) is 7.91. The minimum absolute atomic E-state index is 0.353. The summed E-state index contributed by atoms with van der Waals surface area (Å²) in [6.07, 6.45) is 0. The van der Waals surface area contributed by atoms with E-state index >= 15 is 0 Å². The highest BCUT2D eigenvalue weighted by atomic mass is 79.9. The van der Waals surface area contributed by atoms with Crippen molar-refractivity contribution in [1.82, 2.24) is 15.0 Å². The van der Waals surface area contributed by atoms with Crippen LogP contribution in [0.5, 0.6) is 11.5 Å². The van der Waals surface area contributed by atoms with Crippen molar-refractivity contribution in [3.05, 3.63) is 34.1 Å². The van der Waals surface area contributed by atoms with Crippen LogP contribution >= 0.6 is 15.9 Å². The third kappa shape index (κ3) is 3.36. The van der Waals surface area contributed by atoms with E-state index in [1.54, 1.807) is 4.68 Å². The molecule has 0 bridgehead atoms. The average Bonchev–Trinajstić information content (AvgIpc) is 2.80. The van der Waals surface area contributed by atoms with E-state index in [9.17, 15) is 0 Å². The maximum absolute atomic E-state index is 6.32. The largest absolute Gasteiger partial charge is 0.490 e. The van der Waals surface area contributed by atoms with Crippen molar-refractivity contribution in [1.29, 1.82) is 0 Å². The Balaban J connectivity index is 2.37. The molecule has 0 amide bonds. The second-order valence-electron chi connectivity index (χ2n) is 4.44. The molecule has 0 saturated carbocycles. The zero-order chi connectivity index (χ0) is 15.4. The van der Waals surface area contributed by atoms with Crippen LogP contribution in [0.25, 0.3) is 0 Å². The van der Waals surface area contributed by atoms with E-state index < -0.39 is 0 Å². The van der Waals surface area contributed by atoms with Gasteiger partial charge in [-0.3, -0.25) is 0 Å². The van der Waals surface area contributed by atoms with Crippen LogP contribution in [-0.4, -0.2) is 28.2 Å². The van der Waals surface area contributed by atoms with Gasteiger partial charge >= 0.3 is 0 Å². The van der Waals surface area contributed by atoms with Gasteiger partial charge in [0, 0.05) is 7.05 Å². The van der Waals surface area contributed by atoms with Crippen molar-refractivity contribution >= 4 is 15.9 Å². The molecule has 0 radical (unpaired) electrons. The van der Waals surface area contributed by atoms with E-state index in [-0.39, 0.29) is 6.04 Å². The van der Waals surface area contributed by atoms with Gasteiger partial charge in [-0.05, 0) is 47.5 Å². The lowest BCUT2D eigenvalue weighted by Crippen LogP contribution is -2.16. The van der Waals surface area contributed by atoms with Gasteiger partial charge in [0.15, 0.2) is 16.1 Å². The number of halogens is 1. The summed E-state index contributed by atoms with van der Waals surface area (Å²) >= 11 is 3.37. The van der Waals surface area contributed by atoms with Gasteiger partial charge in [0.25, 0.3) is 0 Å². The van der Waals surface area contributed by atoms with Crippen molar-refractivity contribution in [3.63, 3.8) is 0 Å². The molecule has 0 saturated heterocycles. The number of nitrogens with two attached hydrogens (primary N) is 1. The van der Waals surface area contributed by atoms with Crippen molar-refractivity contribution in [2.75, 3.05) is 13.2 Å². The van der Waals surface area contributed by atoms with E-state index in [4.69, 9.17) is 15.2 Å². The van der Waals surface area contributed by atoms with Crippen LogP contribution in [0.1, 0.15) is 31.1 Å². The lowest BCUT2D eigenvalue weighted by molar-refractivity contribution is 0.287. The molecule has 2 N–H and O–H groups in total. The molecule has 6 nitrogen and oxygen atoms in total. The fourth-order valence-electron chi connectivity index (χ4n) is 2.09. The number of benzene rings is 1. The molecule has 1 aromatic carbocycles. The zero-order valence-electron chi connectivity index (χ0n) is 12.3. The molecule has 7 heteroatoms. The van der Waals surface area contributed by atoms with Crippen molar-refractivity contribution < 1.29 is 9.47 Å².